The number of ether oxygens (including phenoxy) is 2. The van der Waals surface area contributed by atoms with Crippen LogP contribution in [0.3, 0.4) is 0 Å². The van der Waals surface area contributed by atoms with Crippen LogP contribution in [0, 0.1) is 5.82 Å². The monoisotopic (exact) mass is 299 g/mol. The van der Waals surface area contributed by atoms with E-state index in [4.69, 9.17) is 14.6 Å². The summed E-state index contributed by atoms with van der Waals surface area (Å²) >= 11 is 0. The number of amides is 1. The van der Waals surface area contributed by atoms with Crippen molar-refractivity contribution in [2.75, 3.05) is 13.7 Å². The molecule has 0 aliphatic carbocycles. The molecule has 0 radical (unpaired) electrons. The molecule has 0 aliphatic rings. The van der Waals surface area contributed by atoms with Crippen LogP contribution in [-0.4, -0.2) is 42.8 Å². The number of benzene rings is 1. The summed E-state index contributed by atoms with van der Waals surface area (Å²) in [4.78, 5) is 22.9. The molecule has 0 bridgehead atoms. The number of nitrogens with one attached hydrogen (secondary N) is 1. The van der Waals surface area contributed by atoms with E-state index in [0.29, 0.717) is 5.75 Å². The summed E-state index contributed by atoms with van der Waals surface area (Å²) in [7, 11) is 1.45. The first-order valence-corrected chi connectivity index (χ1v) is 6.38. The molecule has 2 N–H and O–H groups in total. The lowest BCUT2D eigenvalue weighted by Crippen LogP contribution is -2.46. The van der Waals surface area contributed by atoms with Crippen molar-refractivity contribution in [1.29, 1.82) is 0 Å². The number of rotatable bonds is 8. The van der Waals surface area contributed by atoms with Gasteiger partial charge in [0, 0.05) is 20.1 Å². The summed E-state index contributed by atoms with van der Waals surface area (Å²) in [6.07, 6.45) is -0.749. The van der Waals surface area contributed by atoms with E-state index in [1.807, 2.05) is 0 Å². The molecule has 1 rings (SSSR count). The zero-order valence-corrected chi connectivity index (χ0v) is 11.8. The second kappa shape index (κ2) is 8.21. The zero-order valence-electron chi connectivity index (χ0n) is 11.8. The minimum Gasteiger partial charge on any atom is -0.481 e. The van der Waals surface area contributed by atoms with Gasteiger partial charge in [0.2, 0.25) is 0 Å². The molecule has 6 nitrogen and oxygen atoms in total. The van der Waals surface area contributed by atoms with Gasteiger partial charge in [0.15, 0.2) is 6.10 Å². The molecule has 0 heterocycles. The fourth-order valence-corrected chi connectivity index (χ4v) is 1.55. The number of halogens is 1. The zero-order chi connectivity index (χ0) is 15.8. The molecule has 1 amide bonds. The summed E-state index contributed by atoms with van der Waals surface area (Å²) in [6, 6.07) is 4.14. The topological polar surface area (TPSA) is 84.9 Å². The van der Waals surface area contributed by atoms with Crippen molar-refractivity contribution in [3.05, 3.63) is 30.1 Å². The van der Waals surface area contributed by atoms with Crippen molar-refractivity contribution < 1.29 is 28.6 Å². The summed E-state index contributed by atoms with van der Waals surface area (Å²) in [5, 5.41) is 11.4. The smallest absolute Gasteiger partial charge is 0.326 e. The number of carbonyl (C=O) groups is 2. The SMILES string of the molecule is COCCC(NC(=O)C(C)Oc1ccc(F)cc1)C(=O)O. The van der Waals surface area contributed by atoms with Crippen LogP contribution in [-0.2, 0) is 14.3 Å². The first-order chi connectivity index (χ1) is 9.93. The molecule has 0 spiro atoms. The summed E-state index contributed by atoms with van der Waals surface area (Å²) in [5.41, 5.74) is 0. The maximum absolute atomic E-state index is 12.7. The molecular formula is C14H18FNO5. The Kier molecular flexibility index (Phi) is 6.61. The van der Waals surface area contributed by atoms with E-state index in [-0.39, 0.29) is 13.0 Å². The molecule has 0 aliphatic heterocycles. The predicted octanol–water partition coefficient (Wildman–Crippen LogP) is 1.20. The van der Waals surface area contributed by atoms with Crippen LogP contribution in [0.15, 0.2) is 24.3 Å². The highest BCUT2D eigenvalue weighted by atomic mass is 19.1. The number of carbonyl (C=O) groups excluding carboxylic acids is 1. The number of carboxylic acid groups (broad SMARTS) is 1. The Hall–Kier alpha value is -2.15. The Morgan fingerprint density at radius 2 is 1.95 bits per heavy atom. The maximum atomic E-state index is 12.7. The van der Waals surface area contributed by atoms with Gasteiger partial charge in [-0.1, -0.05) is 0 Å². The van der Waals surface area contributed by atoms with Gasteiger partial charge in [0.05, 0.1) is 0 Å². The molecule has 1 aromatic rings. The van der Waals surface area contributed by atoms with Crippen molar-refractivity contribution in [2.24, 2.45) is 0 Å². The Labute approximate surface area is 121 Å². The van der Waals surface area contributed by atoms with Gasteiger partial charge in [-0.3, -0.25) is 4.79 Å². The van der Waals surface area contributed by atoms with Crippen LogP contribution in [0.5, 0.6) is 5.75 Å². The molecule has 2 unspecified atom stereocenters. The van der Waals surface area contributed by atoms with Crippen LogP contribution in [0.2, 0.25) is 0 Å². The Morgan fingerprint density at radius 3 is 2.48 bits per heavy atom. The van der Waals surface area contributed by atoms with Crippen LogP contribution >= 0.6 is 0 Å². The molecular weight excluding hydrogens is 281 g/mol. The van der Waals surface area contributed by atoms with E-state index in [0.717, 1.165) is 0 Å². The first-order valence-electron chi connectivity index (χ1n) is 6.38. The van der Waals surface area contributed by atoms with Gasteiger partial charge in [-0.15, -0.1) is 0 Å². The van der Waals surface area contributed by atoms with Gasteiger partial charge < -0.3 is 19.9 Å². The van der Waals surface area contributed by atoms with Gasteiger partial charge in [-0.2, -0.15) is 0 Å². The average molecular weight is 299 g/mol. The van der Waals surface area contributed by atoms with Gasteiger partial charge in [-0.05, 0) is 31.2 Å². The molecule has 0 saturated heterocycles. The molecule has 1 aromatic carbocycles. The molecule has 21 heavy (non-hydrogen) atoms. The van der Waals surface area contributed by atoms with Crippen molar-refractivity contribution >= 4 is 11.9 Å². The van der Waals surface area contributed by atoms with Crippen LogP contribution in [0.4, 0.5) is 4.39 Å². The van der Waals surface area contributed by atoms with Gasteiger partial charge in [-0.25, -0.2) is 9.18 Å². The molecule has 7 heteroatoms. The van der Waals surface area contributed by atoms with E-state index in [1.165, 1.54) is 38.3 Å². The highest BCUT2D eigenvalue weighted by Crippen LogP contribution is 2.13. The van der Waals surface area contributed by atoms with Crippen molar-refractivity contribution in [1.82, 2.24) is 5.32 Å². The number of hydrogen-bond acceptors (Lipinski definition) is 4. The Balaban J connectivity index is 2.56. The summed E-state index contributed by atoms with van der Waals surface area (Å²) < 4.78 is 22.9. The van der Waals surface area contributed by atoms with Crippen molar-refractivity contribution in [2.45, 2.75) is 25.5 Å². The fraction of sp³-hybridized carbons (Fsp3) is 0.429. The number of aliphatic carboxylic acids is 1. The molecule has 0 aromatic heterocycles. The minimum absolute atomic E-state index is 0.154. The number of hydrogen-bond donors (Lipinski definition) is 2. The fourth-order valence-electron chi connectivity index (χ4n) is 1.55. The van der Waals surface area contributed by atoms with E-state index in [1.54, 1.807) is 0 Å². The van der Waals surface area contributed by atoms with E-state index < -0.39 is 29.8 Å². The maximum Gasteiger partial charge on any atom is 0.326 e. The largest absolute Gasteiger partial charge is 0.481 e. The van der Waals surface area contributed by atoms with Gasteiger partial charge in [0.1, 0.15) is 17.6 Å². The standard InChI is InChI=1S/C14H18FNO5/c1-9(21-11-5-3-10(15)4-6-11)13(17)16-12(14(18)19)7-8-20-2/h3-6,9,12H,7-8H2,1-2H3,(H,16,17)(H,18,19). The highest BCUT2D eigenvalue weighted by Gasteiger charge is 2.23. The lowest BCUT2D eigenvalue weighted by Gasteiger charge is -2.18. The second-order valence-electron chi connectivity index (χ2n) is 4.39. The van der Waals surface area contributed by atoms with E-state index >= 15 is 0 Å². The van der Waals surface area contributed by atoms with Gasteiger partial charge >= 0.3 is 5.97 Å². The molecule has 116 valence electrons. The summed E-state index contributed by atoms with van der Waals surface area (Å²) in [5.74, 6) is -1.80. The average Bonchev–Trinajstić information content (AvgIpc) is 2.45. The normalized spacial score (nSPS) is 13.3. The van der Waals surface area contributed by atoms with Crippen LogP contribution in [0.1, 0.15) is 13.3 Å². The quantitative estimate of drug-likeness (QED) is 0.753. The van der Waals surface area contributed by atoms with Gasteiger partial charge in [0.25, 0.3) is 5.91 Å². The van der Waals surface area contributed by atoms with E-state index in [2.05, 4.69) is 5.32 Å². The Bertz CT molecular complexity index is 477. The highest BCUT2D eigenvalue weighted by molar-refractivity contribution is 5.86. The second-order valence-corrected chi connectivity index (χ2v) is 4.39. The number of methoxy groups -OCH3 is 1. The third-order valence-corrected chi connectivity index (χ3v) is 2.72. The molecule has 0 saturated carbocycles. The lowest BCUT2D eigenvalue weighted by molar-refractivity contribution is -0.143. The third kappa shape index (κ3) is 5.78. The number of carboxylic acids is 1. The third-order valence-electron chi connectivity index (χ3n) is 2.72. The first kappa shape index (κ1) is 16.9. The minimum atomic E-state index is -1.14. The molecule has 2 atom stereocenters. The lowest BCUT2D eigenvalue weighted by atomic mass is 10.2. The molecule has 0 fully saturated rings. The summed E-state index contributed by atoms with van der Waals surface area (Å²) in [6.45, 7) is 1.69. The Morgan fingerprint density at radius 1 is 1.33 bits per heavy atom. The van der Waals surface area contributed by atoms with E-state index in [9.17, 15) is 14.0 Å². The van der Waals surface area contributed by atoms with Crippen molar-refractivity contribution in [3.63, 3.8) is 0 Å². The van der Waals surface area contributed by atoms with Crippen molar-refractivity contribution in [3.8, 4) is 5.75 Å². The van der Waals surface area contributed by atoms with Crippen LogP contribution < -0.4 is 10.1 Å². The van der Waals surface area contributed by atoms with Crippen LogP contribution in [0.25, 0.3) is 0 Å². The predicted molar refractivity (Wildman–Crippen MR) is 72.5 cm³/mol.